The molecule has 28 heavy (non-hydrogen) atoms. The minimum absolute atomic E-state index is 0.0638. The molecule has 1 aliphatic rings. The average molecular weight is 421 g/mol. The van der Waals surface area contributed by atoms with Gasteiger partial charge >= 0.3 is 5.97 Å². The fourth-order valence-electron chi connectivity index (χ4n) is 3.08. The number of nitrogens with zero attached hydrogens (tertiary/aromatic N) is 3. The Morgan fingerprint density at radius 1 is 1.36 bits per heavy atom. The van der Waals surface area contributed by atoms with Gasteiger partial charge in [-0.2, -0.15) is 0 Å². The van der Waals surface area contributed by atoms with Crippen LogP contribution in [0.5, 0.6) is 0 Å². The molecule has 2 heterocycles. The summed E-state index contributed by atoms with van der Waals surface area (Å²) in [5, 5.41) is 12.2. The number of amides is 1. The van der Waals surface area contributed by atoms with E-state index in [9.17, 15) is 9.59 Å². The van der Waals surface area contributed by atoms with Crippen molar-refractivity contribution in [3.63, 3.8) is 0 Å². The van der Waals surface area contributed by atoms with Gasteiger partial charge in [0.1, 0.15) is 6.04 Å². The minimum Gasteiger partial charge on any atom is -0.464 e. The van der Waals surface area contributed by atoms with Gasteiger partial charge < -0.3 is 15.0 Å². The number of aromatic nitrogens is 2. The van der Waals surface area contributed by atoms with Gasteiger partial charge in [0.2, 0.25) is 11.0 Å². The number of aryl methyl sites for hydroxylation is 1. The standard InChI is InChI=1S/C19H24N4O3S2/c1-3-26-17(25)15-9-4-5-10-23(15)16(24)12-27-19-22-21-18(28-19)20-14-8-6-7-13(2)11-14/h6-8,11,15H,3-5,9-10,12H2,1-2H3,(H,20,21)/t15-/m0/s1. The number of rotatable bonds is 7. The Kier molecular flexibility index (Phi) is 7.27. The second-order valence-corrected chi connectivity index (χ2v) is 8.71. The lowest BCUT2D eigenvalue weighted by atomic mass is 10.0. The number of nitrogens with one attached hydrogen (secondary N) is 1. The summed E-state index contributed by atoms with van der Waals surface area (Å²) in [6, 6.07) is 7.54. The second-order valence-electron chi connectivity index (χ2n) is 6.51. The van der Waals surface area contributed by atoms with E-state index in [1.807, 2.05) is 31.2 Å². The first kappa shape index (κ1) is 20.6. The Morgan fingerprint density at radius 2 is 2.21 bits per heavy atom. The molecule has 7 nitrogen and oxygen atoms in total. The number of anilines is 2. The minimum atomic E-state index is -0.463. The van der Waals surface area contributed by atoms with E-state index in [1.165, 1.54) is 23.1 Å². The van der Waals surface area contributed by atoms with Crippen LogP contribution >= 0.6 is 23.1 Å². The molecule has 0 radical (unpaired) electrons. The molecule has 150 valence electrons. The van der Waals surface area contributed by atoms with Gasteiger partial charge in [0, 0.05) is 12.2 Å². The van der Waals surface area contributed by atoms with Crippen LogP contribution in [0.15, 0.2) is 28.6 Å². The lowest BCUT2D eigenvalue weighted by Crippen LogP contribution is -2.49. The molecule has 1 aliphatic heterocycles. The van der Waals surface area contributed by atoms with Crippen LogP contribution in [0.2, 0.25) is 0 Å². The highest BCUT2D eigenvalue weighted by atomic mass is 32.2. The van der Waals surface area contributed by atoms with E-state index in [4.69, 9.17) is 4.74 Å². The van der Waals surface area contributed by atoms with Gasteiger partial charge in [-0.3, -0.25) is 4.79 Å². The van der Waals surface area contributed by atoms with Crippen molar-refractivity contribution in [2.45, 2.75) is 43.5 Å². The summed E-state index contributed by atoms with van der Waals surface area (Å²) in [5.74, 6) is -0.137. The molecule has 3 rings (SSSR count). The van der Waals surface area contributed by atoms with Crippen molar-refractivity contribution < 1.29 is 14.3 Å². The van der Waals surface area contributed by atoms with Gasteiger partial charge in [-0.1, -0.05) is 35.2 Å². The van der Waals surface area contributed by atoms with Crippen molar-refractivity contribution in [1.82, 2.24) is 15.1 Å². The maximum absolute atomic E-state index is 12.7. The molecular weight excluding hydrogens is 396 g/mol. The zero-order valence-corrected chi connectivity index (χ0v) is 17.6. The highest BCUT2D eigenvalue weighted by Gasteiger charge is 2.33. The zero-order chi connectivity index (χ0) is 19.9. The van der Waals surface area contributed by atoms with Crippen molar-refractivity contribution in [1.29, 1.82) is 0 Å². The van der Waals surface area contributed by atoms with Gasteiger partial charge in [-0.25, -0.2) is 4.79 Å². The van der Waals surface area contributed by atoms with Crippen molar-refractivity contribution in [2.24, 2.45) is 0 Å². The van der Waals surface area contributed by atoms with Crippen LogP contribution < -0.4 is 5.32 Å². The van der Waals surface area contributed by atoms with Gasteiger partial charge in [0.15, 0.2) is 4.34 Å². The molecule has 2 aromatic rings. The number of ether oxygens (including phenoxy) is 1. The third-order valence-corrected chi connectivity index (χ3v) is 6.33. The fourth-order valence-corrected chi connectivity index (χ4v) is 4.74. The summed E-state index contributed by atoms with van der Waals surface area (Å²) < 4.78 is 5.84. The molecule has 1 saturated heterocycles. The number of hydrogen-bond donors (Lipinski definition) is 1. The molecule has 0 aliphatic carbocycles. The van der Waals surface area contributed by atoms with E-state index < -0.39 is 6.04 Å². The predicted molar refractivity (Wildman–Crippen MR) is 111 cm³/mol. The summed E-state index contributed by atoms with van der Waals surface area (Å²) in [6.45, 7) is 4.73. The van der Waals surface area contributed by atoms with Gasteiger partial charge in [0.05, 0.1) is 12.4 Å². The van der Waals surface area contributed by atoms with Crippen LogP contribution in [0.25, 0.3) is 0 Å². The van der Waals surface area contributed by atoms with E-state index in [2.05, 4.69) is 15.5 Å². The summed E-state index contributed by atoms with van der Waals surface area (Å²) in [6.07, 6.45) is 2.51. The lowest BCUT2D eigenvalue weighted by molar-refractivity contribution is -0.155. The Balaban J connectivity index is 1.55. The third kappa shape index (κ3) is 5.45. The van der Waals surface area contributed by atoms with Gasteiger partial charge in [0.25, 0.3) is 0 Å². The predicted octanol–water partition coefficient (Wildman–Crippen LogP) is 3.63. The lowest BCUT2D eigenvalue weighted by Gasteiger charge is -2.33. The maximum atomic E-state index is 12.7. The summed E-state index contributed by atoms with van der Waals surface area (Å²) in [4.78, 5) is 26.5. The Labute approximate surface area is 172 Å². The maximum Gasteiger partial charge on any atom is 0.328 e. The topological polar surface area (TPSA) is 84.4 Å². The molecule has 1 atom stereocenters. The molecule has 1 aromatic heterocycles. The quantitative estimate of drug-likeness (QED) is 0.541. The second kappa shape index (κ2) is 9.88. The van der Waals surface area contributed by atoms with E-state index >= 15 is 0 Å². The largest absolute Gasteiger partial charge is 0.464 e. The molecule has 1 N–H and O–H groups in total. The molecule has 1 fully saturated rings. The van der Waals surface area contributed by atoms with Crippen molar-refractivity contribution >= 4 is 45.8 Å². The van der Waals surface area contributed by atoms with Crippen molar-refractivity contribution in [3.05, 3.63) is 29.8 Å². The summed E-state index contributed by atoms with van der Waals surface area (Å²) >= 11 is 2.75. The van der Waals surface area contributed by atoms with Crippen LogP contribution in [0.3, 0.4) is 0 Å². The highest BCUT2D eigenvalue weighted by molar-refractivity contribution is 8.01. The number of piperidine rings is 1. The van der Waals surface area contributed by atoms with Crippen molar-refractivity contribution in [2.75, 3.05) is 24.2 Å². The third-order valence-electron chi connectivity index (χ3n) is 4.38. The van der Waals surface area contributed by atoms with Gasteiger partial charge in [-0.15, -0.1) is 10.2 Å². The summed E-state index contributed by atoms with van der Waals surface area (Å²) in [7, 11) is 0. The first-order valence-corrected chi connectivity index (χ1v) is 11.1. The molecule has 1 aromatic carbocycles. The Bertz CT molecular complexity index is 827. The Morgan fingerprint density at radius 3 is 3.00 bits per heavy atom. The van der Waals surface area contributed by atoms with Crippen LogP contribution in [-0.2, 0) is 14.3 Å². The number of carbonyl (C=O) groups is 2. The first-order valence-electron chi connectivity index (χ1n) is 9.33. The van der Waals surface area contributed by atoms with Crippen LogP contribution in [0, 0.1) is 6.92 Å². The monoisotopic (exact) mass is 420 g/mol. The molecule has 0 spiro atoms. The number of benzene rings is 1. The number of thioether (sulfide) groups is 1. The normalized spacial score (nSPS) is 16.6. The number of esters is 1. The summed E-state index contributed by atoms with van der Waals surface area (Å²) in [5.41, 5.74) is 2.11. The van der Waals surface area contributed by atoms with E-state index in [0.717, 1.165) is 24.1 Å². The van der Waals surface area contributed by atoms with Crippen LogP contribution in [-0.4, -0.2) is 51.9 Å². The Hall–Kier alpha value is -2.13. The smallest absolute Gasteiger partial charge is 0.328 e. The van der Waals surface area contributed by atoms with Crippen LogP contribution in [0.4, 0.5) is 10.8 Å². The fraction of sp³-hybridized carbons (Fsp3) is 0.474. The SMILES string of the molecule is CCOC(=O)[C@@H]1CCCCN1C(=O)CSc1nnc(Nc2cccc(C)c2)s1. The highest BCUT2D eigenvalue weighted by Crippen LogP contribution is 2.29. The average Bonchev–Trinajstić information content (AvgIpc) is 3.13. The molecule has 0 unspecified atom stereocenters. The first-order chi connectivity index (χ1) is 13.6. The van der Waals surface area contributed by atoms with E-state index in [0.29, 0.717) is 29.0 Å². The molecule has 0 bridgehead atoms. The molecule has 1 amide bonds. The van der Waals surface area contributed by atoms with Gasteiger partial charge in [-0.05, 0) is 50.8 Å². The van der Waals surface area contributed by atoms with E-state index in [1.54, 1.807) is 11.8 Å². The van der Waals surface area contributed by atoms with Crippen LogP contribution in [0.1, 0.15) is 31.7 Å². The molecular formula is C19H24N4O3S2. The number of likely N-dealkylation sites (tertiary alicyclic amines) is 1. The molecule has 9 heteroatoms. The van der Waals surface area contributed by atoms with E-state index in [-0.39, 0.29) is 17.6 Å². The van der Waals surface area contributed by atoms with Crippen molar-refractivity contribution in [3.8, 4) is 0 Å². The zero-order valence-electron chi connectivity index (χ0n) is 16.0. The number of hydrogen-bond acceptors (Lipinski definition) is 8. The molecule has 0 saturated carbocycles. The number of carbonyl (C=O) groups excluding carboxylic acids is 2.